The van der Waals surface area contributed by atoms with Gasteiger partial charge in [0.1, 0.15) is 0 Å². The van der Waals surface area contributed by atoms with E-state index in [1.54, 1.807) is 24.3 Å². The summed E-state index contributed by atoms with van der Waals surface area (Å²) in [5.41, 5.74) is 0. The van der Waals surface area contributed by atoms with Crippen LogP contribution in [0.2, 0.25) is 0 Å². The predicted octanol–water partition coefficient (Wildman–Crippen LogP) is 3.46. The summed E-state index contributed by atoms with van der Waals surface area (Å²) in [5, 5.41) is 37.4. The molecular weight excluding hydrogens is 344 g/mol. The maximum absolute atomic E-state index is 10.4. The zero-order valence-corrected chi connectivity index (χ0v) is 15.9. The van der Waals surface area contributed by atoms with Gasteiger partial charge in [-0.1, -0.05) is 79.8 Å². The Morgan fingerprint density at radius 2 is 1.48 bits per heavy atom. The third-order valence-corrected chi connectivity index (χ3v) is 3.46. The lowest BCUT2D eigenvalue weighted by Crippen LogP contribution is -2.24. The minimum Gasteiger partial charge on any atom is -0.481 e. The molecule has 0 aromatic rings. The van der Waals surface area contributed by atoms with Gasteiger partial charge in [0, 0.05) is 6.42 Å². The highest BCUT2D eigenvalue weighted by atomic mass is 16.4. The fraction of sp³-hybridized carbons (Fsp3) is 0.409. The van der Waals surface area contributed by atoms with Gasteiger partial charge >= 0.3 is 5.97 Å². The first-order chi connectivity index (χ1) is 13.0. The molecule has 150 valence electrons. The lowest BCUT2D eigenvalue weighted by molar-refractivity contribution is -0.137. The van der Waals surface area contributed by atoms with Crippen molar-refractivity contribution in [1.82, 2.24) is 0 Å². The standard InChI is InChI=1S/C22H32O5/c1-2-3-11-14-19(23)15-12-9-7-5-4-6-8-10-13-16-20(24)21(25)17-18-22(26)27/h3-4,6-13,15-16,19-21,23-25H,2,5,14,17-18H2,1H3,(H,26,27)/b6-4+,9-7+,10-8+,11-3+,15-12+,16-13+/t19-,20?,21-/m0/s1. The molecule has 0 spiro atoms. The number of allylic oxidation sites excluding steroid dienone is 9. The van der Waals surface area contributed by atoms with Crippen LogP contribution in [0.5, 0.6) is 0 Å². The SMILES string of the molecule is CC/C=C/C[C@H](O)/C=C/C=C/C/C=C/C=C/C=C/C(O)[C@@H](O)CCC(=O)O. The molecule has 27 heavy (non-hydrogen) atoms. The van der Waals surface area contributed by atoms with Crippen molar-refractivity contribution in [2.75, 3.05) is 0 Å². The molecule has 0 aromatic carbocycles. The van der Waals surface area contributed by atoms with E-state index in [2.05, 4.69) is 6.92 Å². The van der Waals surface area contributed by atoms with E-state index in [1.165, 1.54) is 6.08 Å². The Hall–Kier alpha value is -2.21. The summed E-state index contributed by atoms with van der Waals surface area (Å²) < 4.78 is 0. The highest BCUT2D eigenvalue weighted by molar-refractivity contribution is 5.66. The van der Waals surface area contributed by atoms with Gasteiger partial charge in [-0.2, -0.15) is 0 Å². The fourth-order valence-electron chi connectivity index (χ4n) is 1.94. The largest absolute Gasteiger partial charge is 0.481 e. The Kier molecular flexibility index (Phi) is 15.8. The van der Waals surface area contributed by atoms with Crippen molar-refractivity contribution >= 4 is 5.97 Å². The number of aliphatic carboxylic acids is 1. The van der Waals surface area contributed by atoms with Crippen LogP contribution in [0, 0.1) is 0 Å². The molecule has 0 aliphatic heterocycles. The molecule has 0 heterocycles. The first-order valence-corrected chi connectivity index (χ1v) is 9.21. The zero-order chi connectivity index (χ0) is 20.3. The number of hydrogen-bond acceptors (Lipinski definition) is 4. The fourth-order valence-corrected chi connectivity index (χ4v) is 1.94. The number of hydrogen-bond donors (Lipinski definition) is 4. The maximum atomic E-state index is 10.4. The minimum atomic E-state index is -1.08. The smallest absolute Gasteiger partial charge is 0.303 e. The molecule has 0 aliphatic carbocycles. The van der Waals surface area contributed by atoms with Crippen LogP contribution in [0.25, 0.3) is 0 Å². The monoisotopic (exact) mass is 376 g/mol. The van der Waals surface area contributed by atoms with Gasteiger partial charge in [0.05, 0.1) is 18.3 Å². The Morgan fingerprint density at radius 1 is 0.852 bits per heavy atom. The van der Waals surface area contributed by atoms with Crippen LogP contribution in [-0.4, -0.2) is 44.7 Å². The summed E-state index contributed by atoms with van der Waals surface area (Å²) in [5.74, 6) is -1.000. The third kappa shape index (κ3) is 17.0. The van der Waals surface area contributed by atoms with Crippen LogP contribution in [0.4, 0.5) is 0 Å². The molecule has 0 rings (SSSR count). The van der Waals surface area contributed by atoms with Crippen LogP contribution in [-0.2, 0) is 4.79 Å². The van der Waals surface area contributed by atoms with Crippen molar-refractivity contribution in [3.05, 3.63) is 72.9 Å². The summed E-state index contributed by atoms with van der Waals surface area (Å²) in [6.07, 6.45) is 21.3. The molecule has 4 N–H and O–H groups in total. The van der Waals surface area contributed by atoms with E-state index in [1.807, 2.05) is 42.5 Å². The van der Waals surface area contributed by atoms with Crippen molar-refractivity contribution in [2.24, 2.45) is 0 Å². The van der Waals surface area contributed by atoms with E-state index >= 15 is 0 Å². The number of aliphatic hydroxyl groups is 3. The number of carbonyl (C=O) groups is 1. The lowest BCUT2D eigenvalue weighted by atomic mass is 10.1. The van der Waals surface area contributed by atoms with Crippen LogP contribution >= 0.6 is 0 Å². The summed E-state index contributed by atoms with van der Waals surface area (Å²) in [7, 11) is 0. The Balaban J connectivity index is 3.98. The van der Waals surface area contributed by atoms with E-state index in [0.29, 0.717) is 6.42 Å². The number of carboxylic acid groups (broad SMARTS) is 1. The van der Waals surface area contributed by atoms with Gasteiger partial charge in [0.25, 0.3) is 0 Å². The van der Waals surface area contributed by atoms with Gasteiger partial charge in [0.15, 0.2) is 0 Å². The van der Waals surface area contributed by atoms with Crippen molar-refractivity contribution < 1.29 is 25.2 Å². The third-order valence-electron chi connectivity index (χ3n) is 3.46. The van der Waals surface area contributed by atoms with Gasteiger partial charge in [-0.05, 0) is 25.7 Å². The van der Waals surface area contributed by atoms with Crippen molar-refractivity contribution in [1.29, 1.82) is 0 Å². The molecule has 5 nitrogen and oxygen atoms in total. The number of aliphatic hydroxyl groups excluding tert-OH is 3. The van der Waals surface area contributed by atoms with E-state index < -0.39 is 24.3 Å². The first kappa shape index (κ1) is 24.8. The molecule has 0 fully saturated rings. The Bertz CT molecular complexity index is 555. The quantitative estimate of drug-likeness (QED) is 0.275. The number of carboxylic acids is 1. The highest BCUT2D eigenvalue weighted by Crippen LogP contribution is 2.04. The predicted molar refractivity (Wildman–Crippen MR) is 109 cm³/mol. The average molecular weight is 376 g/mol. The van der Waals surface area contributed by atoms with Gasteiger partial charge in [0.2, 0.25) is 0 Å². The summed E-state index contributed by atoms with van der Waals surface area (Å²) >= 11 is 0. The van der Waals surface area contributed by atoms with E-state index in [0.717, 1.165) is 12.8 Å². The second-order valence-corrected chi connectivity index (χ2v) is 5.92. The molecule has 5 heteroatoms. The Labute approximate surface area is 162 Å². The van der Waals surface area contributed by atoms with Gasteiger partial charge < -0.3 is 20.4 Å². The molecule has 0 saturated heterocycles. The minimum absolute atomic E-state index is 0.0116. The molecule has 1 unspecified atom stereocenters. The van der Waals surface area contributed by atoms with Crippen LogP contribution in [0.15, 0.2) is 72.9 Å². The van der Waals surface area contributed by atoms with Gasteiger partial charge in [-0.15, -0.1) is 0 Å². The zero-order valence-electron chi connectivity index (χ0n) is 15.9. The molecule has 0 aromatic heterocycles. The highest BCUT2D eigenvalue weighted by Gasteiger charge is 2.13. The number of rotatable bonds is 14. The maximum Gasteiger partial charge on any atom is 0.303 e. The molecule has 0 saturated carbocycles. The first-order valence-electron chi connectivity index (χ1n) is 9.21. The molecular formula is C22H32O5. The van der Waals surface area contributed by atoms with E-state index in [4.69, 9.17) is 5.11 Å². The lowest BCUT2D eigenvalue weighted by Gasteiger charge is -2.12. The Morgan fingerprint density at radius 3 is 2.15 bits per heavy atom. The molecule has 3 atom stereocenters. The summed E-state index contributed by atoms with van der Waals surface area (Å²) in [6, 6.07) is 0. The summed E-state index contributed by atoms with van der Waals surface area (Å²) in [4.78, 5) is 10.4. The topological polar surface area (TPSA) is 98.0 Å². The van der Waals surface area contributed by atoms with Gasteiger partial charge in [-0.3, -0.25) is 4.79 Å². The van der Waals surface area contributed by atoms with Crippen LogP contribution in [0.3, 0.4) is 0 Å². The second-order valence-electron chi connectivity index (χ2n) is 5.92. The van der Waals surface area contributed by atoms with Gasteiger partial charge in [-0.25, -0.2) is 0 Å². The molecule has 0 aliphatic rings. The summed E-state index contributed by atoms with van der Waals surface area (Å²) in [6.45, 7) is 2.05. The van der Waals surface area contributed by atoms with E-state index in [9.17, 15) is 20.1 Å². The normalized spacial score (nSPS) is 16.6. The molecule has 0 amide bonds. The van der Waals surface area contributed by atoms with Crippen molar-refractivity contribution in [3.8, 4) is 0 Å². The van der Waals surface area contributed by atoms with E-state index in [-0.39, 0.29) is 12.8 Å². The van der Waals surface area contributed by atoms with Crippen molar-refractivity contribution in [3.63, 3.8) is 0 Å². The van der Waals surface area contributed by atoms with Crippen LogP contribution in [0.1, 0.15) is 39.0 Å². The molecule has 0 bridgehead atoms. The van der Waals surface area contributed by atoms with Crippen molar-refractivity contribution in [2.45, 2.75) is 57.3 Å². The van der Waals surface area contributed by atoms with Crippen LogP contribution < -0.4 is 0 Å². The second kappa shape index (κ2) is 17.2. The average Bonchev–Trinajstić information content (AvgIpc) is 2.64. The molecule has 0 radical (unpaired) electrons.